The summed E-state index contributed by atoms with van der Waals surface area (Å²) >= 11 is 0. The van der Waals surface area contributed by atoms with Crippen LogP contribution in [0.1, 0.15) is 43.4 Å². The number of anilines is 2. The van der Waals surface area contributed by atoms with Gasteiger partial charge < -0.3 is 25.3 Å². The third-order valence-corrected chi connectivity index (χ3v) is 7.48. The van der Waals surface area contributed by atoms with Gasteiger partial charge in [-0.25, -0.2) is 9.59 Å². The second-order valence-electron chi connectivity index (χ2n) is 10.4. The first-order valence-corrected chi connectivity index (χ1v) is 12.9. The highest BCUT2D eigenvalue weighted by atomic mass is 16.2. The molecular weight excluding hydrogens is 468 g/mol. The molecule has 37 heavy (non-hydrogen) atoms. The molecule has 0 saturated carbocycles. The van der Waals surface area contributed by atoms with Crippen molar-refractivity contribution < 1.29 is 14.4 Å². The standard InChI is InChI=1S/C28H34N6O3/c1-17(2)24-21-15-18(3)9-10-23(21)32(4)26(35)25(30-24)31-27(36)33-13-11-20(12-14-33)34-16-19-7-5-6-8-22(19)29-28(34)37/h5-10,15,17,20,25H,11-14,16H2,1-4H3,(H,29,37)(H,31,36). The van der Waals surface area contributed by atoms with Gasteiger partial charge in [0, 0.05) is 49.7 Å². The van der Waals surface area contributed by atoms with E-state index in [4.69, 9.17) is 4.99 Å². The van der Waals surface area contributed by atoms with E-state index in [9.17, 15) is 14.4 Å². The van der Waals surface area contributed by atoms with Gasteiger partial charge in [0.1, 0.15) is 0 Å². The Morgan fingerprint density at radius 2 is 1.84 bits per heavy atom. The fourth-order valence-electron chi connectivity index (χ4n) is 5.37. The smallest absolute Gasteiger partial charge is 0.322 e. The van der Waals surface area contributed by atoms with Crippen molar-refractivity contribution in [2.24, 2.45) is 10.9 Å². The van der Waals surface area contributed by atoms with Crippen LogP contribution in [0.15, 0.2) is 47.5 Å². The summed E-state index contributed by atoms with van der Waals surface area (Å²) in [6.45, 7) is 7.66. The largest absolute Gasteiger partial charge is 0.325 e. The minimum absolute atomic E-state index is 0.0476. The maximum absolute atomic E-state index is 13.3. The average Bonchev–Trinajstić information content (AvgIpc) is 2.98. The summed E-state index contributed by atoms with van der Waals surface area (Å²) in [6, 6.07) is 13.4. The van der Waals surface area contributed by atoms with Gasteiger partial charge in [0.05, 0.1) is 5.69 Å². The van der Waals surface area contributed by atoms with E-state index in [2.05, 4.69) is 10.6 Å². The van der Waals surface area contributed by atoms with Crippen molar-refractivity contribution in [2.45, 2.75) is 52.4 Å². The fourth-order valence-corrected chi connectivity index (χ4v) is 5.37. The lowest BCUT2D eigenvalue weighted by atomic mass is 9.96. The summed E-state index contributed by atoms with van der Waals surface area (Å²) in [6.07, 6.45) is 0.351. The molecule has 1 fully saturated rings. The number of urea groups is 2. The van der Waals surface area contributed by atoms with Crippen LogP contribution < -0.4 is 15.5 Å². The number of carbonyl (C=O) groups excluding carboxylic acids is 3. The summed E-state index contributed by atoms with van der Waals surface area (Å²) in [5.74, 6) is -0.191. The topological polar surface area (TPSA) is 97.4 Å². The van der Waals surface area contributed by atoms with E-state index >= 15 is 0 Å². The molecule has 0 bridgehead atoms. The number of hydrogen-bond acceptors (Lipinski definition) is 4. The third kappa shape index (κ3) is 4.77. The molecule has 1 saturated heterocycles. The summed E-state index contributed by atoms with van der Waals surface area (Å²) in [7, 11) is 1.72. The molecule has 0 aliphatic carbocycles. The summed E-state index contributed by atoms with van der Waals surface area (Å²) in [4.78, 5) is 49.1. The number of para-hydroxylation sites is 1. The molecule has 3 heterocycles. The average molecular weight is 503 g/mol. The van der Waals surface area contributed by atoms with Crippen molar-refractivity contribution in [2.75, 3.05) is 30.4 Å². The lowest BCUT2D eigenvalue weighted by Crippen LogP contribution is -2.55. The molecule has 2 N–H and O–H groups in total. The highest BCUT2D eigenvalue weighted by Crippen LogP contribution is 2.29. The molecule has 0 aromatic heterocycles. The number of likely N-dealkylation sites (N-methyl/N-ethyl adjacent to an activating group) is 1. The lowest BCUT2D eigenvalue weighted by molar-refractivity contribution is -0.119. The van der Waals surface area contributed by atoms with Crippen LogP contribution in [0.4, 0.5) is 21.0 Å². The Morgan fingerprint density at radius 1 is 1.11 bits per heavy atom. The Labute approximate surface area is 217 Å². The van der Waals surface area contributed by atoms with Crippen LogP contribution in [-0.4, -0.2) is 65.8 Å². The van der Waals surface area contributed by atoms with Crippen molar-refractivity contribution in [3.8, 4) is 0 Å². The predicted molar refractivity (Wildman–Crippen MR) is 144 cm³/mol. The summed E-state index contributed by atoms with van der Waals surface area (Å²) in [5, 5.41) is 5.85. The zero-order valence-electron chi connectivity index (χ0n) is 21.8. The van der Waals surface area contributed by atoms with Gasteiger partial charge in [-0.05, 0) is 49.4 Å². The van der Waals surface area contributed by atoms with Gasteiger partial charge in [-0.1, -0.05) is 43.7 Å². The molecule has 0 spiro atoms. The van der Waals surface area contributed by atoms with E-state index in [1.165, 1.54) is 0 Å². The summed E-state index contributed by atoms with van der Waals surface area (Å²) < 4.78 is 0. The monoisotopic (exact) mass is 502 g/mol. The first-order chi connectivity index (χ1) is 17.7. The normalized spacial score (nSPS) is 20.2. The van der Waals surface area contributed by atoms with Gasteiger partial charge >= 0.3 is 12.1 Å². The van der Waals surface area contributed by atoms with Gasteiger partial charge in [-0.3, -0.25) is 9.79 Å². The number of likely N-dealkylation sites (tertiary alicyclic amines) is 1. The van der Waals surface area contributed by atoms with E-state index < -0.39 is 6.17 Å². The number of piperidine rings is 1. The highest BCUT2D eigenvalue weighted by Gasteiger charge is 2.35. The molecule has 194 valence electrons. The molecule has 2 aromatic rings. The zero-order valence-corrected chi connectivity index (χ0v) is 21.8. The number of aryl methyl sites for hydroxylation is 1. The Kier molecular flexibility index (Phi) is 6.62. The molecule has 5 amide bonds. The number of amides is 5. The number of hydrogen-bond donors (Lipinski definition) is 2. The van der Waals surface area contributed by atoms with Crippen LogP contribution in [0.3, 0.4) is 0 Å². The van der Waals surface area contributed by atoms with E-state index in [-0.39, 0.29) is 29.9 Å². The Balaban J connectivity index is 1.26. The number of aliphatic imine (C=N–C) groups is 1. The Bertz CT molecular complexity index is 1260. The van der Waals surface area contributed by atoms with Gasteiger partial charge in [-0.2, -0.15) is 0 Å². The molecule has 0 radical (unpaired) electrons. The minimum atomic E-state index is -0.996. The predicted octanol–water partition coefficient (Wildman–Crippen LogP) is 3.96. The number of nitrogens with one attached hydrogen (secondary N) is 2. The molecular formula is C28H34N6O3. The second-order valence-corrected chi connectivity index (χ2v) is 10.4. The van der Waals surface area contributed by atoms with E-state index in [1.807, 2.05) is 68.1 Å². The Morgan fingerprint density at radius 3 is 2.57 bits per heavy atom. The number of carbonyl (C=O) groups is 3. The van der Waals surface area contributed by atoms with Crippen LogP contribution >= 0.6 is 0 Å². The minimum Gasteiger partial charge on any atom is -0.325 e. The van der Waals surface area contributed by atoms with Crippen molar-refractivity contribution in [1.29, 1.82) is 0 Å². The van der Waals surface area contributed by atoms with Crippen LogP contribution in [-0.2, 0) is 11.3 Å². The van der Waals surface area contributed by atoms with Gasteiger partial charge in [-0.15, -0.1) is 0 Å². The van der Waals surface area contributed by atoms with E-state index in [1.54, 1.807) is 16.8 Å². The molecule has 5 rings (SSSR count). The SMILES string of the molecule is Cc1ccc2c(c1)C(C(C)C)=NC(NC(=O)N1CCC(N3Cc4ccccc4NC3=O)CC1)C(=O)N2C. The first-order valence-electron chi connectivity index (χ1n) is 12.9. The fraction of sp³-hybridized carbons (Fsp3) is 0.429. The number of rotatable bonds is 3. The lowest BCUT2D eigenvalue weighted by Gasteiger charge is -2.40. The van der Waals surface area contributed by atoms with Crippen molar-refractivity contribution >= 4 is 35.1 Å². The van der Waals surface area contributed by atoms with Crippen molar-refractivity contribution in [3.63, 3.8) is 0 Å². The second kappa shape index (κ2) is 9.88. The molecule has 1 atom stereocenters. The van der Waals surface area contributed by atoms with Crippen LogP contribution in [0.5, 0.6) is 0 Å². The highest BCUT2D eigenvalue weighted by molar-refractivity contribution is 6.13. The van der Waals surface area contributed by atoms with Crippen LogP contribution in [0.25, 0.3) is 0 Å². The quantitative estimate of drug-likeness (QED) is 0.665. The number of fused-ring (bicyclic) bond motifs is 2. The summed E-state index contributed by atoms with van der Waals surface area (Å²) in [5.41, 5.74) is 5.55. The number of benzene rings is 2. The molecule has 9 nitrogen and oxygen atoms in total. The van der Waals surface area contributed by atoms with Gasteiger partial charge in [0.25, 0.3) is 5.91 Å². The molecule has 3 aliphatic rings. The molecule has 3 aliphatic heterocycles. The van der Waals surface area contributed by atoms with E-state index in [0.717, 1.165) is 33.8 Å². The van der Waals surface area contributed by atoms with Crippen molar-refractivity contribution in [3.05, 3.63) is 59.2 Å². The van der Waals surface area contributed by atoms with Crippen molar-refractivity contribution in [1.82, 2.24) is 15.1 Å². The maximum Gasteiger partial charge on any atom is 0.322 e. The number of nitrogens with zero attached hydrogens (tertiary/aromatic N) is 4. The van der Waals surface area contributed by atoms with Gasteiger partial charge in [0.15, 0.2) is 0 Å². The zero-order chi connectivity index (χ0) is 26.3. The molecule has 2 aromatic carbocycles. The first kappa shape index (κ1) is 24.8. The third-order valence-electron chi connectivity index (χ3n) is 7.48. The van der Waals surface area contributed by atoms with Gasteiger partial charge in [0.2, 0.25) is 6.17 Å². The van der Waals surface area contributed by atoms with E-state index in [0.29, 0.717) is 32.5 Å². The Hall–Kier alpha value is -3.88. The molecule has 9 heteroatoms. The molecule has 1 unspecified atom stereocenters. The van der Waals surface area contributed by atoms with Crippen LogP contribution in [0.2, 0.25) is 0 Å². The van der Waals surface area contributed by atoms with Crippen LogP contribution in [0, 0.1) is 12.8 Å². The maximum atomic E-state index is 13.3. The number of benzodiazepines with no additional fused rings is 1.